The Kier molecular flexibility index (Phi) is 5.11. The van der Waals surface area contributed by atoms with Crippen LogP contribution in [0.15, 0.2) is 36.8 Å². The van der Waals surface area contributed by atoms with Crippen LogP contribution in [0.1, 0.15) is 28.8 Å². The standard InChI is InChI=1S/C20H22N6O3/c1-13-10-17-22-20(23-18(27)14-5-7-21-8-6-14)24-26(17)12-16(13)25-9-3-4-15(11-25)19(28)29-2/h5-8,10,12,15H,3-4,9,11H2,1-2H3,(H,23,24,27). The Morgan fingerprint density at radius 1 is 1.28 bits per heavy atom. The first-order chi connectivity index (χ1) is 14.0. The van der Waals surface area contributed by atoms with Gasteiger partial charge in [0.15, 0.2) is 5.65 Å². The van der Waals surface area contributed by atoms with Gasteiger partial charge in [0.1, 0.15) is 0 Å². The number of hydrogen-bond donors (Lipinski definition) is 1. The van der Waals surface area contributed by atoms with Crippen molar-refractivity contribution in [1.82, 2.24) is 19.6 Å². The van der Waals surface area contributed by atoms with Crippen molar-refractivity contribution in [3.05, 3.63) is 47.9 Å². The van der Waals surface area contributed by atoms with Crippen molar-refractivity contribution >= 4 is 29.2 Å². The predicted octanol–water partition coefficient (Wildman–Crippen LogP) is 2.07. The fourth-order valence-electron chi connectivity index (χ4n) is 3.63. The molecule has 9 nitrogen and oxygen atoms in total. The Morgan fingerprint density at radius 2 is 2.07 bits per heavy atom. The van der Waals surface area contributed by atoms with Crippen LogP contribution in [0, 0.1) is 12.8 Å². The lowest BCUT2D eigenvalue weighted by Gasteiger charge is -2.33. The van der Waals surface area contributed by atoms with Crippen LogP contribution in [0.5, 0.6) is 0 Å². The fraction of sp³-hybridized carbons (Fsp3) is 0.350. The summed E-state index contributed by atoms with van der Waals surface area (Å²) in [4.78, 5) is 34.7. The monoisotopic (exact) mass is 394 g/mol. The maximum Gasteiger partial charge on any atom is 0.310 e. The number of methoxy groups -OCH3 is 1. The number of esters is 1. The molecular formula is C20H22N6O3. The average Bonchev–Trinajstić information content (AvgIpc) is 3.14. The summed E-state index contributed by atoms with van der Waals surface area (Å²) in [5.41, 5.74) is 3.14. The molecule has 9 heteroatoms. The van der Waals surface area contributed by atoms with Gasteiger partial charge < -0.3 is 9.64 Å². The molecule has 4 heterocycles. The van der Waals surface area contributed by atoms with Gasteiger partial charge in [-0.05, 0) is 43.5 Å². The van der Waals surface area contributed by atoms with Crippen LogP contribution in [0.2, 0.25) is 0 Å². The number of hydrogen-bond acceptors (Lipinski definition) is 7. The quantitative estimate of drug-likeness (QED) is 0.676. The van der Waals surface area contributed by atoms with Crippen molar-refractivity contribution in [2.75, 3.05) is 30.4 Å². The highest BCUT2D eigenvalue weighted by Gasteiger charge is 2.27. The lowest BCUT2D eigenvalue weighted by Crippen LogP contribution is -2.39. The van der Waals surface area contributed by atoms with Crippen molar-refractivity contribution in [2.45, 2.75) is 19.8 Å². The van der Waals surface area contributed by atoms with E-state index in [2.05, 4.69) is 25.3 Å². The zero-order valence-corrected chi connectivity index (χ0v) is 16.3. The first-order valence-corrected chi connectivity index (χ1v) is 9.46. The molecule has 0 spiro atoms. The lowest BCUT2D eigenvalue weighted by molar-refractivity contribution is -0.145. The largest absolute Gasteiger partial charge is 0.469 e. The third kappa shape index (κ3) is 3.89. The van der Waals surface area contributed by atoms with Crippen LogP contribution >= 0.6 is 0 Å². The van der Waals surface area contributed by atoms with E-state index in [4.69, 9.17) is 4.74 Å². The van der Waals surface area contributed by atoms with E-state index in [1.54, 1.807) is 29.0 Å². The van der Waals surface area contributed by atoms with E-state index in [1.165, 1.54) is 7.11 Å². The predicted molar refractivity (Wildman–Crippen MR) is 107 cm³/mol. The van der Waals surface area contributed by atoms with Crippen LogP contribution in [-0.4, -0.2) is 51.7 Å². The van der Waals surface area contributed by atoms with Gasteiger partial charge in [-0.2, -0.15) is 4.98 Å². The molecule has 0 radical (unpaired) electrons. The van der Waals surface area contributed by atoms with E-state index in [9.17, 15) is 9.59 Å². The van der Waals surface area contributed by atoms with Gasteiger partial charge >= 0.3 is 5.97 Å². The Labute approximate surface area is 167 Å². The smallest absolute Gasteiger partial charge is 0.310 e. The first kappa shape index (κ1) is 18.9. The second kappa shape index (κ2) is 7.86. The van der Waals surface area contributed by atoms with Crippen LogP contribution in [0.3, 0.4) is 0 Å². The molecule has 1 saturated heterocycles. The minimum Gasteiger partial charge on any atom is -0.469 e. The minimum absolute atomic E-state index is 0.130. The molecule has 0 aromatic carbocycles. The second-order valence-corrected chi connectivity index (χ2v) is 7.08. The van der Waals surface area contributed by atoms with Crippen molar-refractivity contribution in [3.8, 4) is 0 Å². The number of amides is 1. The Morgan fingerprint density at radius 3 is 2.83 bits per heavy atom. The number of nitrogens with one attached hydrogen (secondary N) is 1. The van der Waals surface area contributed by atoms with Crippen molar-refractivity contribution in [2.24, 2.45) is 5.92 Å². The Balaban J connectivity index is 1.57. The van der Waals surface area contributed by atoms with Gasteiger partial charge in [0.25, 0.3) is 5.91 Å². The van der Waals surface area contributed by atoms with E-state index < -0.39 is 0 Å². The molecule has 4 rings (SSSR count). The molecule has 1 aliphatic heterocycles. The summed E-state index contributed by atoms with van der Waals surface area (Å²) in [6, 6.07) is 5.18. The summed E-state index contributed by atoms with van der Waals surface area (Å²) < 4.78 is 6.56. The number of piperidine rings is 1. The van der Waals surface area contributed by atoms with Crippen molar-refractivity contribution in [1.29, 1.82) is 0 Å². The van der Waals surface area contributed by atoms with Crippen LogP contribution in [0.4, 0.5) is 11.6 Å². The molecule has 1 atom stereocenters. The topological polar surface area (TPSA) is 102 Å². The summed E-state index contributed by atoms with van der Waals surface area (Å²) in [6.07, 6.45) is 6.75. The zero-order valence-electron chi connectivity index (χ0n) is 16.3. The number of ether oxygens (including phenoxy) is 1. The molecule has 3 aromatic rings. The number of aryl methyl sites for hydroxylation is 1. The molecule has 1 aliphatic rings. The number of anilines is 2. The number of carbonyl (C=O) groups excluding carboxylic acids is 2. The molecule has 1 N–H and O–H groups in total. The third-order valence-corrected chi connectivity index (χ3v) is 5.12. The maximum atomic E-state index is 12.3. The fourth-order valence-corrected chi connectivity index (χ4v) is 3.63. The zero-order chi connectivity index (χ0) is 20.4. The molecular weight excluding hydrogens is 372 g/mol. The molecule has 1 unspecified atom stereocenters. The third-order valence-electron chi connectivity index (χ3n) is 5.12. The number of carbonyl (C=O) groups is 2. The molecule has 1 fully saturated rings. The van der Waals surface area contributed by atoms with Crippen LogP contribution in [-0.2, 0) is 9.53 Å². The van der Waals surface area contributed by atoms with Crippen molar-refractivity contribution in [3.63, 3.8) is 0 Å². The molecule has 29 heavy (non-hydrogen) atoms. The van der Waals surface area contributed by atoms with Gasteiger partial charge in [-0.25, -0.2) is 4.52 Å². The van der Waals surface area contributed by atoms with E-state index >= 15 is 0 Å². The van der Waals surface area contributed by atoms with E-state index in [0.717, 1.165) is 30.6 Å². The number of nitrogens with zero attached hydrogens (tertiary/aromatic N) is 5. The van der Waals surface area contributed by atoms with Gasteiger partial charge in [0, 0.05) is 31.0 Å². The number of aromatic nitrogens is 4. The molecule has 0 saturated carbocycles. The summed E-state index contributed by atoms with van der Waals surface area (Å²) in [5, 5.41) is 7.10. The highest BCUT2D eigenvalue weighted by Crippen LogP contribution is 2.27. The van der Waals surface area contributed by atoms with Crippen LogP contribution in [0.25, 0.3) is 5.65 Å². The summed E-state index contributed by atoms with van der Waals surface area (Å²) in [5.74, 6) is -0.364. The van der Waals surface area contributed by atoms with Gasteiger partial charge in [0.2, 0.25) is 5.95 Å². The molecule has 0 aliphatic carbocycles. The second-order valence-electron chi connectivity index (χ2n) is 7.08. The summed E-state index contributed by atoms with van der Waals surface area (Å²) in [7, 11) is 1.43. The minimum atomic E-state index is -0.294. The van der Waals surface area contributed by atoms with Gasteiger partial charge in [-0.1, -0.05) is 0 Å². The maximum absolute atomic E-state index is 12.3. The Bertz CT molecular complexity index is 1050. The normalized spacial score (nSPS) is 16.6. The molecule has 150 valence electrons. The molecule has 1 amide bonds. The van der Waals surface area contributed by atoms with Crippen LogP contribution < -0.4 is 10.2 Å². The number of pyridine rings is 2. The average molecular weight is 394 g/mol. The first-order valence-electron chi connectivity index (χ1n) is 9.46. The van der Waals surface area contributed by atoms with Gasteiger partial charge in [0.05, 0.1) is 24.9 Å². The number of fused-ring (bicyclic) bond motifs is 1. The lowest BCUT2D eigenvalue weighted by atomic mass is 9.97. The SMILES string of the molecule is COC(=O)C1CCCN(c2cn3nc(NC(=O)c4ccncc4)nc3cc2C)C1. The molecule has 3 aromatic heterocycles. The molecule has 0 bridgehead atoms. The van der Waals surface area contributed by atoms with E-state index in [-0.39, 0.29) is 23.7 Å². The summed E-state index contributed by atoms with van der Waals surface area (Å²) in [6.45, 7) is 3.47. The van der Waals surface area contributed by atoms with Gasteiger partial charge in [-0.3, -0.25) is 19.9 Å². The van der Waals surface area contributed by atoms with E-state index in [1.807, 2.05) is 19.2 Å². The van der Waals surface area contributed by atoms with Crippen molar-refractivity contribution < 1.29 is 14.3 Å². The Hall–Kier alpha value is -3.49. The summed E-state index contributed by atoms with van der Waals surface area (Å²) >= 11 is 0. The van der Waals surface area contributed by atoms with E-state index in [0.29, 0.717) is 17.8 Å². The highest BCUT2D eigenvalue weighted by atomic mass is 16.5. The number of rotatable bonds is 4. The van der Waals surface area contributed by atoms with Gasteiger partial charge in [-0.15, -0.1) is 5.10 Å². The highest BCUT2D eigenvalue weighted by molar-refractivity contribution is 6.03.